The average molecular weight is 169 g/mol. The highest BCUT2D eigenvalue weighted by atomic mass is 16.5. The maximum Gasteiger partial charge on any atom is 0.0958 e. The molecule has 0 bridgehead atoms. The van der Waals surface area contributed by atoms with Gasteiger partial charge >= 0.3 is 0 Å². The molecule has 1 fully saturated rings. The van der Waals surface area contributed by atoms with E-state index in [2.05, 4.69) is 11.2 Å². The van der Waals surface area contributed by atoms with Crippen LogP contribution < -0.4 is 5.32 Å². The van der Waals surface area contributed by atoms with Crippen LogP contribution in [0.4, 0.5) is 0 Å². The maximum atomic E-state index is 5.27. The first-order valence-electron chi connectivity index (χ1n) is 4.16. The van der Waals surface area contributed by atoms with Crippen molar-refractivity contribution in [3.8, 4) is 12.3 Å². The van der Waals surface area contributed by atoms with Gasteiger partial charge in [0.15, 0.2) is 0 Å². The molecule has 1 aliphatic heterocycles. The minimum atomic E-state index is 0.145. The van der Waals surface area contributed by atoms with Crippen molar-refractivity contribution in [1.29, 1.82) is 0 Å². The molecule has 0 aromatic rings. The Morgan fingerprint density at radius 1 is 1.75 bits per heavy atom. The van der Waals surface area contributed by atoms with Crippen LogP contribution in [0.2, 0.25) is 0 Å². The lowest BCUT2D eigenvalue weighted by atomic mass is 10.1. The predicted octanol–water partition coefficient (Wildman–Crippen LogP) is 0.0131. The molecule has 0 radical (unpaired) electrons. The van der Waals surface area contributed by atoms with E-state index in [1.807, 2.05) is 0 Å². The lowest BCUT2D eigenvalue weighted by Gasteiger charge is -2.30. The average Bonchev–Trinajstić information content (AvgIpc) is 2.15. The van der Waals surface area contributed by atoms with Crippen molar-refractivity contribution < 1.29 is 9.47 Å². The molecule has 0 aromatic carbocycles. The van der Waals surface area contributed by atoms with Crippen LogP contribution in [0.5, 0.6) is 0 Å². The fourth-order valence-corrected chi connectivity index (χ4v) is 1.37. The normalized spacial score (nSPS) is 29.7. The fourth-order valence-electron chi connectivity index (χ4n) is 1.37. The second-order valence-electron chi connectivity index (χ2n) is 2.83. The summed E-state index contributed by atoms with van der Waals surface area (Å²) in [6, 6.07) is 0.347. The molecule has 0 amide bonds. The van der Waals surface area contributed by atoms with Crippen LogP contribution in [0.15, 0.2) is 0 Å². The van der Waals surface area contributed by atoms with E-state index in [0.717, 1.165) is 13.0 Å². The Balaban J connectivity index is 2.32. The summed E-state index contributed by atoms with van der Waals surface area (Å²) >= 11 is 0. The van der Waals surface area contributed by atoms with Crippen molar-refractivity contribution in [2.24, 2.45) is 0 Å². The van der Waals surface area contributed by atoms with Crippen molar-refractivity contribution in [3.63, 3.8) is 0 Å². The van der Waals surface area contributed by atoms with Gasteiger partial charge in [0.1, 0.15) is 0 Å². The van der Waals surface area contributed by atoms with Gasteiger partial charge in [-0.3, -0.25) is 0 Å². The van der Waals surface area contributed by atoms with Crippen molar-refractivity contribution in [2.75, 3.05) is 26.9 Å². The summed E-state index contributed by atoms with van der Waals surface area (Å²) in [4.78, 5) is 0. The van der Waals surface area contributed by atoms with Gasteiger partial charge in [0.2, 0.25) is 0 Å². The molecule has 0 spiro atoms. The van der Waals surface area contributed by atoms with E-state index in [-0.39, 0.29) is 6.10 Å². The minimum absolute atomic E-state index is 0.145. The van der Waals surface area contributed by atoms with Crippen molar-refractivity contribution in [3.05, 3.63) is 0 Å². The zero-order valence-electron chi connectivity index (χ0n) is 7.38. The largest absolute Gasteiger partial charge is 0.379 e. The first kappa shape index (κ1) is 9.53. The zero-order chi connectivity index (χ0) is 8.81. The Hall–Kier alpha value is -0.560. The highest BCUT2D eigenvalue weighted by molar-refractivity contribution is 4.90. The molecule has 0 aliphatic carbocycles. The van der Waals surface area contributed by atoms with Gasteiger partial charge in [-0.15, -0.1) is 6.42 Å². The molecule has 2 atom stereocenters. The molecular weight excluding hydrogens is 154 g/mol. The van der Waals surface area contributed by atoms with Gasteiger partial charge in [0.25, 0.3) is 0 Å². The monoisotopic (exact) mass is 169 g/mol. The van der Waals surface area contributed by atoms with E-state index in [0.29, 0.717) is 19.2 Å². The number of rotatable bonds is 3. The van der Waals surface area contributed by atoms with Crippen LogP contribution in [-0.2, 0) is 9.47 Å². The van der Waals surface area contributed by atoms with Crippen LogP contribution >= 0.6 is 0 Å². The molecule has 3 heteroatoms. The predicted molar refractivity (Wildman–Crippen MR) is 46.9 cm³/mol. The van der Waals surface area contributed by atoms with Crippen LogP contribution in [-0.4, -0.2) is 39.0 Å². The van der Waals surface area contributed by atoms with E-state index >= 15 is 0 Å². The molecule has 1 unspecified atom stereocenters. The summed E-state index contributed by atoms with van der Waals surface area (Å²) in [5.74, 6) is 2.55. The topological polar surface area (TPSA) is 30.5 Å². The third-order valence-electron chi connectivity index (χ3n) is 2.07. The highest BCUT2D eigenvalue weighted by Gasteiger charge is 2.24. The van der Waals surface area contributed by atoms with Gasteiger partial charge in [-0.05, 0) is 6.42 Å². The summed E-state index contributed by atoms with van der Waals surface area (Å²) in [7, 11) is 1.70. The number of hydrogen-bond donors (Lipinski definition) is 1. The second-order valence-corrected chi connectivity index (χ2v) is 2.83. The molecule has 0 aromatic heterocycles. The molecule has 1 aliphatic rings. The standard InChI is InChI=1S/C9H15NO2/c1-3-5-10-8-4-6-12-7-9(8)11-2/h1,8-10H,4-7H2,2H3/t8?,9-/m1/s1. The third-order valence-corrected chi connectivity index (χ3v) is 2.07. The molecule has 3 nitrogen and oxygen atoms in total. The molecule has 1 heterocycles. The number of ether oxygens (including phenoxy) is 2. The SMILES string of the molecule is C#CCNC1CCOC[C@H]1OC. The quantitative estimate of drug-likeness (QED) is 0.604. The van der Waals surface area contributed by atoms with Gasteiger partial charge in [0.05, 0.1) is 19.3 Å². The summed E-state index contributed by atoms with van der Waals surface area (Å²) < 4.78 is 10.5. The first-order valence-corrected chi connectivity index (χ1v) is 4.16. The van der Waals surface area contributed by atoms with E-state index in [9.17, 15) is 0 Å². The summed E-state index contributed by atoms with van der Waals surface area (Å²) in [6.45, 7) is 2.06. The van der Waals surface area contributed by atoms with E-state index in [1.54, 1.807) is 7.11 Å². The van der Waals surface area contributed by atoms with Crippen LogP contribution in [0, 0.1) is 12.3 Å². The highest BCUT2D eigenvalue weighted by Crippen LogP contribution is 2.09. The Kier molecular flexibility index (Phi) is 4.09. The molecule has 12 heavy (non-hydrogen) atoms. The van der Waals surface area contributed by atoms with Crippen molar-refractivity contribution >= 4 is 0 Å². The van der Waals surface area contributed by atoms with Gasteiger partial charge < -0.3 is 14.8 Å². The zero-order valence-corrected chi connectivity index (χ0v) is 7.38. The number of terminal acetylenes is 1. The smallest absolute Gasteiger partial charge is 0.0958 e. The van der Waals surface area contributed by atoms with Crippen molar-refractivity contribution in [1.82, 2.24) is 5.32 Å². The Bertz CT molecular complexity index is 164. The van der Waals surface area contributed by atoms with E-state index < -0.39 is 0 Å². The molecule has 1 rings (SSSR count). The van der Waals surface area contributed by atoms with Gasteiger partial charge in [-0.25, -0.2) is 0 Å². The first-order chi connectivity index (χ1) is 5.88. The summed E-state index contributed by atoms with van der Waals surface area (Å²) in [5.41, 5.74) is 0. The Labute approximate surface area is 73.4 Å². The Morgan fingerprint density at radius 3 is 3.25 bits per heavy atom. The number of nitrogens with one attached hydrogen (secondary N) is 1. The van der Waals surface area contributed by atoms with E-state index in [4.69, 9.17) is 15.9 Å². The number of methoxy groups -OCH3 is 1. The summed E-state index contributed by atoms with van der Waals surface area (Å²) in [5, 5.41) is 3.23. The molecular formula is C9H15NO2. The fraction of sp³-hybridized carbons (Fsp3) is 0.778. The molecule has 0 saturated carbocycles. The van der Waals surface area contributed by atoms with Gasteiger partial charge in [0, 0.05) is 19.8 Å². The van der Waals surface area contributed by atoms with Crippen molar-refractivity contribution in [2.45, 2.75) is 18.6 Å². The molecule has 1 saturated heterocycles. The minimum Gasteiger partial charge on any atom is -0.379 e. The van der Waals surface area contributed by atoms with Gasteiger partial charge in [-0.1, -0.05) is 5.92 Å². The Morgan fingerprint density at radius 2 is 2.58 bits per heavy atom. The third kappa shape index (κ3) is 2.49. The lowest BCUT2D eigenvalue weighted by Crippen LogP contribution is -2.47. The van der Waals surface area contributed by atoms with Crippen LogP contribution in [0.1, 0.15) is 6.42 Å². The van der Waals surface area contributed by atoms with Gasteiger partial charge in [-0.2, -0.15) is 0 Å². The number of hydrogen-bond acceptors (Lipinski definition) is 3. The van der Waals surface area contributed by atoms with E-state index in [1.165, 1.54) is 0 Å². The maximum absolute atomic E-state index is 5.27. The molecule has 1 N–H and O–H groups in total. The van der Waals surface area contributed by atoms with Crippen LogP contribution in [0.25, 0.3) is 0 Å². The van der Waals surface area contributed by atoms with Crippen LogP contribution in [0.3, 0.4) is 0 Å². The lowest BCUT2D eigenvalue weighted by molar-refractivity contribution is -0.0488. The second kappa shape index (κ2) is 5.15. The molecule has 68 valence electrons. The summed E-state index contributed by atoms with van der Waals surface area (Å²) in [6.07, 6.45) is 6.27.